The van der Waals surface area contributed by atoms with Gasteiger partial charge in [0, 0.05) is 0 Å². The summed E-state index contributed by atoms with van der Waals surface area (Å²) in [7, 11) is 0. The Labute approximate surface area is 187 Å². The van der Waals surface area contributed by atoms with Crippen LogP contribution in [0.15, 0.2) is 76.1 Å². The number of benzene rings is 2. The van der Waals surface area contributed by atoms with E-state index >= 15 is 0 Å². The van der Waals surface area contributed by atoms with Crippen LogP contribution in [0.1, 0.15) is 18.4 Å². The van der Waals surface area contributed by atoms with Gasteiger partial charge in [0.1, 0.15) is 0 Å². The monoisotopic (exact) mass is 529 g/mol. The summed E-state index contributed by atoms with van der Waals surface area (Å²) in [6.07, 6.45) is 3.80. The van der Waals surface area contributed by atoms with Gasteiger partial charge in [-0.1, -0.05) is 0 Å². The molecule has 30 heavy (non-hydrogen) atoms. The molecule has 0 fully saturated rings. The second-order valence-corrected chi connectivity index (χ2v) is 11.6. The molecule has 0 spiro atoms. The van der Waals surface area contributed by atoms with Gasteiger partial charge in [-0.05, 0) is 0 Å². The number of aliphatic hydroxyl groups is 1. The zero-order valence-electron chi connectivity index (χ0n) is 16.8. The second kappa shape index (κ2) is 7.72. The fraction of sp³-hybridized carbons (Fsp3) is 0.167. The van der Waals surface area contributed by atoms with Crippen LogP contribution in [0.5, 0.6) is 0 Å². The molecule has 0 saturated carbocycles. The summed E-state index contributed by atoms with van der Waals surface area (Å²) < 4.78 is 7.14. The van der Waals surface area contributed by atoms with Crippen molar-refractivity contribution >= 4 is 61.2 Å². The minimum atomic E-state index is -0.0573. The maximum absolute atomic E-state index is 12.9. The number of Topliss-reactive ketones (excluding diaryl/α,β-unsaturated/α-hetero) is 1. The molecule has 1 aliphatic carbocycles. The van der Waals surface area contributed by atoms with E-state index in [9.17, 15) is 9.90 Å². The van der Waals surface area contributed by atoms with Crippen LogP contribution in [0.3, 0.4) is 0 Å². The Morgan fingerprint density at radius 1 is 1.07 bits per heavy atom. The second-order valence-electron chi connectivity index (χ2n) is 7.10. The minimum absolute atomic E-state index is 0.0573. The molecule has 6 heteroatoms. The SMILES string of the molecule is CCN1C(=CC2=C(O)C(=Cc3[se]c4ccccc4[n+]3CC)C2=O)[Se]c2ccccc21. The van der Waals surface area contributed by atoms with Crippen LogP contribution in [0, 0.1) is 0 Å². The number of allylic oxidation sites excluding steroid dienone is 3. The molecule has 150 valence electrons. The Balaban J connectivity index is 1.51. The summed E-state index contributed by atoms with van der Waals surface area (Å²) >= 11 is 0.285. The van der Waals surface area contributed by atoms with E-state index in [0.717, 1.165) is 22.3 Å². The van der Waals surface area contributed by atoms with E-state index in [1.165, 1.54) is 19.9 Å². The van der Waals surface area contributed by atoms with E-state index in [0.29, 0.717) is 11.1 Å². The Morgan fingerprint density at radius 2 is 1.83 bits per heavy atom. The van der Waals surface area contributed by atoms with Gasteiger partial charge in [-0.2, -0.15) is 0 Å². The number of ketones is 1. The summed E-state index contributed by atoms with van der Waals surface area (Å²) in [5.41, 5.74) is 3.32. The molecule has 5 rings (SSSR count). The number of rotatable bonds is 4. The average Bonchev–Trinajstić information content (AvgIpc) is 3.32. The number of aromatic nitrogens is 1. The van der Waals surface area contributed by atoms with Crippen molar-refractivity contribution in [3.05, 3.63) is 80.7 Å². The van der Waals surface area contributed by atoms with Crippen LogP contribution in [0.4, 0.5) is 5.69 Å². The van der Waals surface area contributed by atoms with E-state index in [1.807, 2.05) is 24.3 Å². The third-order valence-corrected chi connectivity index (χ3v) is 10.1. The molecule has 4 nitrogen and oxygen atoms in total. The van der Waals surface area contributed by atoms with Gasteiger partial charge in [-0.15, -0.1) is 0 Å². The zero-order chi connectivity index (χ0) is 20.8. The van der Waals surface area contributed by atoms with Crippen molar-refractivity contribution in [2.24, 2.45) is 0 Å². The molecule has 0 atom stereocenters. The molecule has 1 aromatic heterocycles. The predicted octanol–water partition coefficient (Wildman–Crippen LogP) is 2.69. The van der Waals surface area contributed by atoms with Crippen LogP contribution in [0.2, 0.25) is 0 Å². The van der Waals surface area contributed by atoms with Crippen molar-refractivity contribution in [2.45, 2.75) is 20.4 Å². The molecule has 2 aliphatic rings. The van der Waals surface area contributed by atoms with Gasteiger partial charge >= 0.3 is 188 Å². The van der Waals surface area contributed by atoms with Crippen molar-refractivity contribution in [1.82, 2.24) is 0 Å². The molecule has 0 unspecified atom stereocenters. The number of anilines is 1. The van der Waals surface area contributed by atoms with Gasteiger partial charge in [-0.25, -0.2) is 0 Å². The van der Waals surface area contributed by atoms with Gasteiger partial charge in [0.25, 0.3) is 0 Å². The number of carbonyl (C=O) groups excluding carboxylic acids is 1. The van der Waals surface area contributed by atoms with Crippen molar-refractivity contribution in [3.63, 3.8) is 0 Å². The normalized spacial score (nSPS) is 18.6. The van der Waals surface area contributed by atoms with Gasteiger partial charge in [-0.3, -0.25) is 0 Å². The predicted molar refractivity (Wildman–Crippen MR) is 122 cm³/mol. The molecule has 3 aromatic rings. The molecule has 1 N–H and O–H groups in total. The molecule has 2 aromatic carbocycles. The van der Waals surface area contributed by atoms with E-state index in [2.05, 4.69) is 59.7 Å². The summed E-state index contributed by atoms with van der Waals surface area (Å²) in [5, 5.41) is 10.7. The van der Waals surface area contributed by atoms with Crippen LogP contribution in [0.25, 0.3) is 15.9 Å². The standard InChI is InChI=1S/C24H20N2O2Se2/c1-3-25-17-9-5-7-11-19(17)29-21(25)13-15-23(27)16(24(15)28)14-22-26(4-2)18-10-6-8-12-20(18)30-22/h5-14H,3-4H2,1-2H3/p+1. The summed E-state index contributed by atoms with van der Waals surface area (Å²) in [5.74, 6) is 0.0729. The number of aliphatic hydroxyl groups excluding tert-OH is 1. The molecule has 0 saturated heterocycles. The Hall–Kier alpha value is -2.36. The van der Waals surface area contributed by atoms with E-state index < -0.39 is 0 Å². The first kappa shape index (κ1) is 19.6. The first-order valence-corrected chi connectivity index (χ1v) is 13.4. The molecule has 2 heterocycles. The Morgan fingerprint density at radius 3 is 2.60 bits per heavy atom. The van der Waals surface area contributed by atoms with E-state index in [1.54, 1.807) is 0 Å². The van der Waals surface area contributed by atoms with E-state index in [4.69, 9.17) is 0 Å². The van der Waals surface area contributed by atoms with Gasteiger partial charge in [0.2, 0.25) is 0 Å². The van der Waals surface area contributed by atoms with Crippen molar-refractivity contribution < 1.29 is 14.5 Å². The first-order chi connectivity index (χ1) is 14.6. The molecular weight excluding hydrogens is 506 g/mol. The molecule has 0 bridgehead atoms. The van der Waals surface area contributed by atoms with Gasteiger partial charge in [0.05, 0.1) is 0 Å². The summed E-state index contributed by atoms with van der Waals surface area (Å²) in [6.45, 7) is 5.92. The van der Waals surface area contributed by atoms with Gasteiger partial charge < -0.3 is 0 Å². The Bertz CT molecular complexity index is 1280. The van der Waals surface area contributed by atoms with E-state index in [-0.39, 0.29) is 41.0 Å². The third-order valence-electron chi connectivity index (χ3n) is 5.44. The third kappa shape index (κ3) is 3.03. The topological polar surface area (TPSA) is 44.4 Å². The van der Waals surface area contributed by atoms with Crippen LogP contribution >= 0.6 is 0 Å². The fourth-order valence-electron chi connectivity index (χ4n) is 3.93. The number of carbonyl (C=O) groups is 1. The molecule has 1 aliphatic heterocycles. The van der Waals surface area contributed by atoms with Crippen molar-refractivity contribution in [2.75, 3.05) is 11.4 Å². The molecular formula is C24H21N2O2Se2+. The number of fused-ring (bicyclic) bond motifs is 2. The first-order valence-electron chi connectivity index (χ1n) is 9.99. The van der Waals surface area contributed by atoms with Crippen LogP contribution < -0.4 is 13.9 Å². The van der Waals surface area contributed by atoms with Crippen LogP contribution in [-0.4, -0.2) is 46.9 Å². The summed E-state index contributed by atoms with van der Waals surface area (Å²) in [4.78, 5) is 15.2. The van der Waals surface area contributed by atoms with Crippen molar-refractivity contribution in [3.8, 4) is 0 Å². The molecule has 0 amide bonds. The van der Waals surface area contributed by atoms with Crippen molar-refractivity contribution in [1.29, 1.82) is 0 Å². The Kier molecular flexibility index (Phi) is 5.04. The summed E-state index contributed by atoms with van der Waals surface area (Å²) in [6, 6.07) is 16.8. The number of hydrogen-bond donors (Lipinski definition) is 1. The average molecular weight is 527 g/mol. The number of nitrogens with zero attached hydrogens (tertiary/aromatic N) is 2. The number of hydrogen-bond acceptors (Lipinski definition) is 3. The molecule has 0 radical (unpaired) electrons. The zero-order valence-corrected chi connectivity index (χ0v) is 20.2. The quantitative estimate of drug-likeness (QED) is 0.323. The fourth-order valence-corrected chi connectivity index (χ4v) is 8.84. The maximum atomic E-state index is 12.9. The van der Waals surface area contributed by atoms with Crippen LogP contribution in [-0.2, 0) is 11.3 Å². The number of aryl methyl sites for hydroxylation is 1. The van der Waals surface area contributed by atoms with Gasteiger partial charge in [0.15, 0.2) is 0 Å². The number of para-hydroxylation sites is 2.